The molecule has 1 aliphatic rings. The van der Waals surface area contributed by atoms with Crippen LogP contribution < -0.4 is 5.32 Å². The van der Waals surface area contributed by atoms with Gasteiger partial charge in [-0.25, -0.2) is 9.97 Å². The summed E-state index contributed by atoms with van der Waals surface area (Å²) in [5.74, 6) is 0.181. The van der Waals surface area contributed by atoms with Gasteiger partial charge >= 0.3 is 0 Å². The molecule has 0 aliphatic carbocycles. The van der Waals surface area contributed by atoms with E-state index in [4.69, 9.17) is 4.98 Å². The summed E-state index contributed by atoms with van der Waals surface area (Å²) in [4.78, 5) is 25.0. The standard InChI is InChI=1S/C35H32N6O/c1-24-20-32-36-22-29-21-31(26-8-4-2-5-9-26)33(38-34(29)41(32)39-24)27-14-12-25(13-15-27)23-40-18-16-28(17-19-40)35(42)37-30-10-6-3-7-11-30/h2-15,20-22,28H,16-19,23H2,1H3,(H,37,42). The minimum Gasteiger partial charge on any atom is -0.326 e. The van der Waals surface area contributed by atoms with Crippen LogP contribution in [-0.4, -0.2) is 43.5 Å². The molecule has 0 unspecified atom stereocenters. The van der Waals surface area contributed by atoms with Crippen molar-refractivity contribution in [2.75, 3.05) is 18.4 Å². The number of para-hydroxylation sites is 1. The minimum absolute atomic E-state index is 0.0551. The molecule has 1 fully saturated rings. The number of fused-ring (bicyclic) bond motifs is 3. The first-order chi connectivity index (χ1) is 20.6. The number of piperidine rings is 1. The maximum Gasteiger partial charge on any atom is 0.227 e. The quantitative estimate of drug-likeness (QED) is 0.247. The average Bonchev–Trinajstić information content (AvgIpc) is 3.43. The number of aryl methyl sites for hydroxylation is 1. The Hall–Kier alpha value is -4.88. The lowest BCUT2D eigenvalue weighted by atomic mass is 9.95. The van der Waals surface area contributed by atoms with Gasteiger partial charge in [-0.1, -0.05) is 72.8 Å². The molecule has 7 nitrogen and oxygen atoms in total. The summed E-state index contributed by atoms with van der Waals surface area (Å²) in [5, 5.41) is 8.67. The predicted molar refractivity (Wildman–Crippen MR) is 167 cm³/mol. The highest BCUT2D eigenvalue weighted by molar-refractivity contribution is 5.92. The second-order valence-electron chi connectivity index (χ2n) is 11.1. The maximum absolute atomic E-state index is 12.7. The zero-order chi connectivity index (χ0) is 28.5. The monoisotopic (exact) mass is 552 g/mol. The molecule has 4 heterocycles. The van der Waals surface area contributed by atoms with Crippen molar-refractivity contribution in [1.29, 1.82) is 0 Å². The summed E-state index contributed by atoms with van der Waals surface area (Å²) in [7, 11) is 0. The van der Waals surface area contributed by atoms with Gasteiger partial charge in [0, 0.05) is 46.9 Å². The van der Waals surface area contributed by atoms with Gasteiger partial charge in [0.15, 0.2) is 11.3 Å². The van der Waals surface area contributed by atoms with Crippen molar-refractivity contribution in [2.24, 2.45) is 5.92 Å². The van der Waals surface area contributed by atoms with Gasteiger partial charge in [0.25, 0.3) is 0 Å². The molecular weight excluding hydrogens is 520 g/mol. The number of benzene rings is 3. The minimum atomic E-state index is 0.0551. The molecule has 0 bridgehead atoms. The number of likely N-dealkylation sites (tertiary alicyclic amines) is 1. The van der Waals surface area contributed by atoms with Crippen LogP contribution in [0.5, 0.6) is 0 Å². The summed E-state index contributed by atoms with van der Waals surface area (Å²) >= 11 is 0. The smallest absolute Gasteiger partial charge is 0.227 e. The number of nitrogens with one attached hydrogen (secondary N) is 1. The largest absolute Gasteiger partial charge is 0.326 e. The van der Waals surface area contributed by atoms with Gasteiger partial charge < -0.3 is 5.32 Å². The fourth-order valence-corrected chi connectivity index (χ4v) is 5.86. The molecule has 7 rings (SSSR count). The van der Waals surface area contributed by atoms with Crippen LogP contribution in [0.15, 0.2) is 103 Å². The van der Waals surface area contributed by atoms with Crippen LogP contribution in [-0.2, 0) is 11.3 Å². The van der Waals surface area contributed by atoms with Crippen LogP contribution in [0.4, 0.5) is 5.69 Å². The number of amides is 1. The van der Waals surface area contributed by atoms with E-state index >= 15 is 0 Å². The molecule has 0 saturated carbocycles. The van der Waals surface area contributed by atoms with Crippen molar-refractivity contribution in [3.63, 3.8) is 0 Å². The molecule has 0 radical (unpaired) electrons. The number of hydrogen-bond acceptors (Lipinski definition) is 5. The summed E-state index contributed by atoms with van der Waals surface area (Å²) in [6.07, 6.45) is 3.62. The maximum atomic E-state index is 12.7. The number of anilines is 1. The SMILES string of the molecule is Cc1cc2ncc3cc(-c4ccccc4)c(-c4ccc(CN5CCC(C(=O)Nc6ccccc6)CC5)cc4)nc3n2n1. The highest BCUT2D eigenvalue weighted by Gasteiger charge is 2.25. The van der Waals surface area contributed by atoms with Crippen molar-refractivity contribution in [2.45, 2.75) is 26.3 Å². The highest BCUT2D eigenvalue weighted by Crippen LogP contribution is 2.34. The Morgan fingerprint density at radius 2 is 1.60 bits per heavy atom. The Kier molecular flexibility index (Phi) is 6.93. The lowest BCUT2D eigenvalue weighted by Crippen LogP contribution is -2.37. The van der Waals surface area contributed by atoms with E-state index in [1.54, 1.807) is 0 Å². The van der Waals surface area contributed by atoms with E-state index in [2.05, 4.69) is 74.9 Å². The Morgan fingerprint density at radius 3 is 2.33 bits per heavy atom. The summed E-state index contributed by atoms with van der Waals surface area (Å²) < 4.78 is 1.83. The van der Waals surface area contributed by atoms with E-state index in [-0.39, 0.29) is 11.8 Å². The molecule has 1 amide bonds. The fraction of sp³-hybridized carbons (Fsp3) is 0.200. The molecule has 1 saturated heterocycles. The van der Waals surface area contributed by atoms with Crippen molar-refractivity contribution in [3.05, 3.63) is 115 Å². The molecule has 3 aromatic carbocycles. The van der Waals surface area contributed by atoms with Gasteiger partial charge in [-0.3, -0.25) is 9.69 Å². The topological polar surface area (TPSA) is 75.4 Å². The highest BCUT2D eigenvalue weighted by atomic mass is 16.1. The molecule has 208 valence electrons. The van der Waals surface area contributed by atoms with Crippen LogP contribution in [0.25, 0.3) is 39.1 Å². The van der Waals surface area contributed by atoms with Crippen LogP contribution in [0.1, 0.15) is 24.1 Å². The number of aromatic nitrogens is 4. The molecule has 7 heteroatoms. The second kappa shape index (κ2) is 11.2. The summed E-state index contributed by atoms with van der Waals surface area (Å²) in [6.45, 7) is 4.65. The van der Waals surface area contributed by atoms with E-state index in [0.29, 0.717) is 0 Å². The van der Waals surface area contributed by atoms with Crippen molar-refractivity contribution >= 4 is 28.3 Å². The lowest BCUT2D eigenvalue weighted by Gasteiger charge is -2.31. The third kappa shape index (κ3) is 5.27. The Labute approximate surface area is 244 Å². The van der Waals surface area contributed by atoms with Crippen molar-refractivity contribution in [3.8, 4) is 22.4 Å². The van der Waals surface area contributed by atoms with Gasteiger partial charge in [-0.2, -0.15) is 9.61 Å². The summed E-state index contributed by atoms with van der Waals surface area (Å²) in [5.41, 5.74) is 8.78. The Morgan fingerprint density at radius 1 is 0.881 bits per heavy atom. The van der Waals surface area contributed by atoms with Gasteiger partial charge in [0.2, 0.25) is 5.91 Å². The average molecular weight is 553 g/mol. The number of carbonyl (C=O) groups is 1. The molecule has 1 aliphatic heterocycles. The number of nitrogens with zero attached hydrogens (tertiary/aromatic N) is 5. The van der Waals surface area contributed by atoms with E-state index in [9.17, 15) is 4.79 Å². The van der Waals surface area contributed by atoms with Gasteiger partial charge in [-0.15, -0.1) is 0 Å². The Balaban J connectivity index is 1.11. The number of rotatable bonds is 6. The van der Waals surface area contributed by atoms with Gasteiger partial charge in [0.1, 0.15) is 0 Å². The molecule has 3 aromatic heterocycles. The van der Waals surface area contributed by atoms with E-state index in [1.807, 2.05) is 60.1 Å². The van der Waals surface area contributed by atoms with Crippen molar-refractivity contribution < 1.29 is 4.79 Å². The van der Waals surface area contributed by atoms with Crippen LogP contribution in [0, 0.1) is 12.8 Å². The van der Waals surface area contributed by atoms with Gasteiger partial charge in [0.05, 0.1) is 11.4 Å². The third-order valence-corrected chi connectivity index (χ3v) is 8.10. The fourth-order valence-electron chi connectivity index (χ4n) is 5.86. The molecule has 1 N–H and O–H groups in total. The first kappa shape index (κ1) is 26.0. The van der Waals surface area contributed by atoms with Crippen LogP contribution >= 0.6 is 0 Å². The zero-order valence-corrected chi connectivity index (χ0v) is 23.6. The lowest BCUT2D eigenvalue weighted by molar-refractivity contribution is -0.121. The first-order valence-electron chi connectivity index (χ1n) is 14.5. The number of carbonyl (C=O) groups excluding carboxylic acids is 1. The number of pyridine rings is 1. The third-order valence-electron chi connectivity index (χ3n) is 8.10. The number of hydrogen-bond donors (Lipinski definition) is 1. The molecule has 6 aromatic rings. The van der Waals surface area contributed by atoms with Crippen molar-refractivity contribution in [1.82, 2.24) is 24.5 Å². The summed E-state index contributed by atoms with van der Waals surface area (Å²) in [6, 6.07) is 33.0. The van der Waals surface area contributed by atoms with Gasteiger partial charge in [-0.05, 0) is 62.2 Å². The first-order valence-corrected chi connectivity index (χ1v) is 14.5. The zero-order valence-electron chi connectivity index (χ0n) is 23.6. The van der Waals surface area contributed by atoms with Crippen LogP contribution in [0.3, 0.4) is 0 Å². The van der Waals surface area contributed by atoms with E-state index in [1.165, 1.54) is 5.56 Å². The Bertz CT molecular complexity index is 1860. The molecule has 42 heavy (non-hydrogen) atoms. The van der Waals surface area contributed by atoms with E-state index < -0.39 is 0 Å². The molecule has 0 spiro atoms. The molecule has 0 atom stereocenters. The van der Waals surface area contributed by atoms with Crippen LogP contribution in [0.2, 0.25) is 0 Å². The normalized spacial score (nSPS) is 14.4. The predicted octanol–water partition coefficient (Wildman–Crippen LogP) is 6.77. The molecular formula is C35H32N6O. The van der Waals surface area contributed by atoms with E-state index in [0.717, 1.165) is 82.9 Å². The second-order valence-corrected chi connectivity index (χ2v) is 11.1.